The van der Waals surface area contributed by atoms with Gasteiger partial charge < -0.3 is 15.3 Å². The number of nitrogens with one attached hydrogen (secondary N) is 1. The average Bonchev–Trinajstić information content (AvgIpc) is 2.93. The first-order valence-corrected chi connectivity index (χ1v) is 7.93. The van der Waals surface area contributed by atoms with E-state index in [2.05, 4.69) is 5.32 Å². The summed E-state index contributed by atoms with van der Waals surface area (Å²) < 4.78 is 0. The molecule has 120 valence electrons. The molecular weight excluding hydrogens is 280 g/mol. The molecule has 0 aliphatic carbocycles. The van der Waals surface area contributed by atoms with E-state index < -0.39 is 0 Å². The number of rotatable bonds is 7. The number of aliphatic hydroxyl groups is 1. The fourth-order valence-corrected chi connectivity index (χ4v) is 2.71. The Balaban J connectivity index is 1.90. The van der Waals surface area contributed by atoms with Crippen LogP contribution >= 0.6 is 0 Å². The lowest BCUT2D eigenvalue weighted by atomic mass is 10.1. The summed E-state index contributed by atoms with van der Waals surface area (Å²) in [7, 11) is 0. The molecule has 1 heterocycles. The van der Waals surface area contributed by atoms with Gasteiger partial charge in [-0.15, -0.1) is 0 Å². The minimum Gasteiger partial charge on any atom is -0.396 e. The highest BCUT2D eigenvalue weighted by atomic mass is 16.3. The van der Waals surface area contributed by atoms with Crippen molar-refractivity contribution in [3.8, 4) is 0 Å². The van der Waals surface area contributed by atoms with Crippen molar-refractivity contribution in [2.24, 2.45) is 0 Å². The molecule has 0 radical (unpaired) electrons. The quantitative estimate of drug-likeness (QED) is 0.804. The highest BCUT2D eigenvalue weighted by molar-refractivity contribution is 5.95. The summed E-state index contributed by atoms with van der Waals surface area (Å²) in [4.78, 5) is 25.5. The molecule has 22 heavy (non-hydrogen) atoms. The van der Waals surface area contributed by atoms with Gasteiger partial charge in [0.1, 0.15) is 0 Å². The Morgan fingerprint density at radius 1 is 1.36 bits per heavy atom. The number of hydrogen-bond acceptors (Lipinski definition) is 3. The molecule has 1 atom stereocenters. The Labute approximate surface area is 131 Å². The molecular formula is C17H24N2O3. The fourth-order valence-electron chi connectivity index (χ4n) is 2.71. The van der Waals surface area contributed by atoms with E-state index in [1.807, 2.05) is 31.2 Å². The molecule has 1 aliphatic rings. The molecule has 1 aromatic rings. The zero-order valence-corrected chi connectivity index (χ0v) is 13.0. The Kier molecular flexibility index (Phi) is 5.95. The number of aliphatic hydroxyl groups excluding tert-OH is 1. The smallest absolute Gasteiger partial charge is 0.227 e. The van der Waals surface area contributed by atoms with E-state index in [0.717, 1.165) is 30.6 Å². The number of nitrogens with zero attached hydrogens (tertiary/aromatic N) is 1. The Morgan fingerprint density at radius 2 is 2.09 bits per heavy atom. The van der Waals surface area contributed by atoms with Crippen LogP contribution in [0.25, 0.3) is 0 Å². The van der Waals surface area contributed by atoms with E-state index in [0.29, 0.717) is 19.3 Å². The number of carbonyl (C=O) groups is 2. The lowest BCUT2D eigenvalue weighted by Gasteiger charge is -2.17. The van der Waals surface area contributed by atoms with Crippen LogP contribution in [0.3, 0.4) is 0 Å². The zero-order valence-electron chi connectivity index (χ0n) is 13.0. The van der Waals surface area contributed by atoms with Crippen LogP contribution < -0.4 is 10.2 Å². The predicted molar refractivity (Wildman–Crippen MR) is 85.7 cm³/mol. The maximum atomic E-state index is 12.0. The lowest BCUT2D eigenvalue weighted by molar-refractivity contribution is -0.121. The molecule has 0 spiro atoms. The maximum Gasteiger partial charge on any atom is 0.227 e. The van der Waals surface area contributed by atoms with Crippen LogP contribution in [0.2, 0.25) is 0 Å². The predicted octanol–water partition coefficient (Wildman–Crippen LogP) is 1.63. The summed E-state index contributed by atoms with van der Waals surface area (Å²) >= 11 is 0. The molecule has 0 bridgehead atoms. The molecule has 0 saturated carbocycles. The first kappa shape index (κ1) is 16.5. The molecule has 1 unspecified atom stereocenters. The number of carbonyl (C=O) groups excluding carboxylic acids is 2. The summed E-state index contributed by atoms with van der Waals surface area (Å²) in [6, 6.07) is 7.62. The van der Waals surface area contributed by atoms with Gasteiger partial charge in [0.05, 0.1) is 6.42 Å². The van der Waals surface area contributed by atoms with Gasteiger partial charge >= 0.3 is 0 Å². The van der Waals surface area contributed by atoms with Crippen LogP contribution in [0.4, 0.5) is 5.69 Å². The Morgan fingerprint density at radius 3 is 2.64 bits per heavy atom. The lowest BCUT2D eigenvalue weighted by Crippen LogP contribution is -2.36. The standard InChI is InChI=1S/C17H24N2O3/c1-2-14(9-11-20)18-16(21)12-13-5-7-15(8-6-13)19-10-3-4-17(19)22/h5-8,14,20H,2-4,9-12H2,1H3,(H,18,21). The summed E-state index contributed by atoms with van der Waals surface area (Å²) in [6.07, 6.45) is 3.23. The van der Waals surface area contributed by atoms with Crippen LogP contribution in [-0.4, -0.2) is 36.1 Å². The van der Waals surface area contributed by atoms with Crippen molar-refractivity contribution in [2.45, 2.75) is 45.1 Å². The monoisotopic (exact) mass is 304 g/mol. The second kappa shape index (κ2) is 7.94. The highest BCUT2D eigenvalue weighted by Crippen LogP contribution is 2.21. The summed E-state index contributed by atoms with van der Waals surface area (Å²) in [5.74, 6) is 0.130. The fraction of sp³-hybridized carbons (Fsp3) is 0.529. The molecule has 1 aliphatic heterocycles. The van der Waals surface area contributed by atoms with Gasteiger partial charge in [0.2, 0.25) is 11.8 Å². The van der Waals surface area contributed by atoms with Crippen molar-refractivity contribution >= 4 is 17.5 Å². The average molecular weight is 304 g/mol. The van der Waals surface area contributed by atoms with Crippen LogP contribution in [0, 0.1) is 0 Å². The molecule has 2 rings (SSSR count). The first-order valence-electron chi connectivity index (χ1n) is 7.93. The number of anilines is 1. The van der Waals surface area contributed by atoms with E-state index in [9.17, 15) is 9.59 Å². The van der Waals surface area contributed by atoms with Crippen LogP contribution in [0.1, 0.15) is 38.2 Å². The largest absolute Gasteiger partial charge is 0.396 e. The third-order valence-electron chi connectivity index (χ3n) is 4.02. The molecule has 0 aromatic heterocycles. The molecule has 1 saturated heterocycles. The van der Waals surface area contributed by atoms with Gasteiger partial charge in [-0.2, -0.15) is 0 Å². The summed E-state index contributed by atoms with van der Waals surface area (Å²) in [5.41, 5.74) is 1.82. The van der Waals surface area contributed by atoms with Crippen LogP contribution in [-0.2, 0) is 16.0 Å². The first-order chi connectivity index (χ1) is 10.6. The second-order valence-electron chi connectivity index (χ2n) is 5.68. The Hall–Kier alpha value is -1.88. The normalized spacial score (nSPS) is 15.9. The van der Waals surface area contributed by atoms with Gasteiger partial charge in [-0.05, 0) is 37.0 Å². The van der Waals surface area contributed by atoms with Crippen molar-refractivity contribution in [1.82, 2.24) is 5.32 Å². The maximum absolute atomic E-state index is 12.0. The molecule has 5 nitrogen and oxygen atoms in total. The topological polar surface area (TPSA) is 69.6 Å². The number of benzene rings is 1. The van der Waals surface area contributed by atoms with Crippen molar-refractivity contribution < 1.29 is 14.7 Å². The van der Waals surface area contributed by atoms with Gasteiger partial charge in [0.25, 0.3) is 0 Å². The summed E-state index contributed by atoms with van der Waals surface area (Å²) in [6.45, 7) is 2.85. The van der Waals surface area contributed by atoms with Crippen LogP contribution in [0.15, 0.2) is 24.3 Å². The molecule has 2 N–H and O–H groups in total. The van der Waals surface area contributed by atoms with Gasteiger partial charge in [0, 0.05) is 31.3 Å². The third-order valence-corrected chi connectivity index (χ3v) is 4.02. The molecule has 2 amide bonds. The number of hydrogen-bond donors (Lipinski definition) is 2. The second-order valence-corrected chi connectivity index (χ2v) is 5.68. The van der Waals surface area contributed by atoms with Crippen molar-refractivity contribution in [3.63, 3.8) is 0 Å². The molecule has 5 heteroatoms. The van der Waals surface area contributed by atoms with Crippen LogP contribution in [0.5, 0.6) is 0 Å². The van der Waals surface area contributed by atoms with Gasteiger partial charge in [-0.25, -0.2) is 0 Å². The minimum atomic E-state index is -0.0368. The van der Waals surface area contributed by atoms with E-state index in [1.54, 1.807) is 4.90 Å². The Bertz CT molecular complexity index is 513. The van der Waals surface area contributed by atoms with Gasteiger partial charge in [-0.3, -0.25) is 9.59 Å². The SMILES string of the molecule is CCC(CCO)NC(=O)Cc1ccc(N2CCCC2=O)cc1. The van der Waals surface area contributed by atoms with E-state index >= 15 is 0 Å². The summed E-state index contributed by atoms with van der Waals surface area (Å²) in [5, 5.41) is 11.9. The third kappa shape index (κ3) is 4.31. The van der Waals surface area contributed by atoms with Crippen molar-refractivity contribution in [2.75, 3.05) is 18.1 Å². The molecule has 1 fully saturated rings. The van der Waals surface area contributed by atoms with Gasteiger partial charge in [0.15, 0.2) is 0 Å². The minimum absolute atomic E-state index is 0.0268. The van der Waals surface area contributed by atoms with Gasteiger partial charge in [-0.1, -0.05) is 19.1 Å². The van der Waals surface area contributed by atoms with E-state index in [1.165, 1.54) is 0 Å². The number of amides is 2. The molecule has 1 aromatic carbocycles. The van der Waals surface area contributed by atoms with Crippen molar-refractivity contribution in [1.29, 1.82) is 0 Å². The zero-order chi connectivity index (χ0) is 15.9. The van der Waals surface area contributed by atoms with Crippen molar-refractivity contribution in [3.05, 3.63) is 29.8 Å². The highest BCUT2D eigenvalue weighted by Gasteiger charge is 2.21. The van der Waals surface area contributed by atoms with E-state index in [-0.39, 0.29) is 24.5 Å². The van der Waals surface area contributed by atoms with E-state index in [4.69, 9.17) is 5.11 Å².